The van der Waals surface area contributed by atoms with Crippen molar-refractivity contribution >= 4 is 11.9 Å². The second kappa shape index (κ2) is 7.58. The standard InChI is InChI=1S/C18H27NO6/c1-7-22-15(20)12-11(3)13(16(21)23-8-2)19(6)14(12)17-24-9-18(4,5)10-25-17/h17H,7-10H2,1-6H3. The lowest BCUT2D eigenvalue weighted by Gasteiger charge is -2.35. The molecule has 0 N–H and O–H groups in total. The van der Waals surface area contributed by atoms with E-state index in [1.807, 2.05) is 13.8 Å². The Morgan fingerprint density at radius 2 is 1.64 bits per heavy atom. The van der Waals surface area contributed by atoms with E-state index in [9.17, 15) is 9.59 Å². The fourth-order valence-corrected chi connectivity index (χ4v) is 2.93. The van der Waals surface area contributed by atoms with E-state index in [0.29, 0.717) is 35.7 Å². The first kappa shape index (κ1) is 19.5. The molecule has 0 atom stereocenters. The van der Waals surface area contributed by atoms with Crippen molar-refractivity contribution in [3.05, 3.63) is 22.5 Å². The van der Waals surface area contributed by atoms with E-state index in [1.54, 1.807) is 32.4 Å². The highest BCUT2D eigenvalue weighted by atomic mass is 16.7. The molecule has 0 aliphatic carbocycles. The summed E-state index contributed by atoms with van der Waals surface area (Å²) in [7, 11) is 1.70. The summed E-state index contributed by atoms with van der Waals surface area (Å²) in [5.74, 6) is -0.992. The number of hydrogen-bond donors (Lipinski definition) is 0. The van der Waals surface area contributed by atoms with E-state index < -0.39 is 18.2 Å². The van der Waals surface area contributed by atoms with Crippen LogP contribution in [0.5, 0.6) is 0 Å². The molecule has 2 rings (SSSR count). The van der Waals surface area contributed by atoms with E-state index in [2.05, 4.69) is 0 Å². The molecule has 1 aliphatic rings. The molecule has 1 aromatic rings. The van der Waals surface area contributed by atoms with Gasteiger partial charge in [0.2, 0.25) is 0 Å². The summed E-state index contributed by atoms with van der Waals surface area (Å²) < 4.78 is 23.6. The van der Waals surface area contributed by atoms with E-state index in [-0.39, 0.29) is 18.6 Å². The van der Waals surface area contributed by atoms with Gasteiger partial charge in [-0.05, 0) is 26.3 Å². The lowest BCUT2D eigenvalue weighted by atomic mass is 9.95. The van der Waals surface area contributed by atoms with Crippen LogP contribution in [0.1, 0.15) is 66.1 Å². The van der Waals surface area contributed by atoms with Crippen LogP contribution < -0.4 is 0 Å². The van der Waals surface area contributed by atoms with Gasteiger partial charge in [-0.15, -0.1) is 0 Å². The highest BCUT2D eigenvalue weighted by Crippen LogP contribution is 2.36. The van der Waals surface area contributed by atoms with Crippen molar-refractivity contribution in [3.8, 4) is 0 Å². The Morgan fingerprint density at radius 3 is 2.16 bits per heavy atom. The van der Waals surface area contributed by atoms with Crippen LogP contribution in [0.2, 0.25) is 0 Å². The van der Waals surface area contributed by atoms with Gasteiger partial charge in [0.25, 0.3) is 0 Å². The van der Waals surface area contributed by atoms with Crippen molar-refractivity contribution in [3.63, 3.8) is 0 Å². The molecular weight excluding hydrogens is 326 g/mol. The Hall–Kier alpha value is -1.86. The third-order valence-electron chi connectivity index (χ3n) is 4.11. The molecule has 140 valence electrons. The maximum absolute atomic E-state index is 12.5. The average Bonchev–Trinajstić information content (AvgIpc) is 2.79. The lowest BCUT2D eigenvalue weighted by molar-refractivity contribution is -0.229. The van der Waals surface area contributed by atoms with Gasteiger partial charge >= 0.3 is 11.9 Å². The van der Waals surface area contributed by atoms with E-state index in [0.717, 1.165) is 0 Å². The Balaban J connectivity index is 2.51. The van der Waals surface area contributed by atoms with Crippen molar-refractivity contribution in [1.82, 2.24) is 4.57 Å². The van der Waals surface area contributed by atoms with Crippen LogP contribution in [0.3, 0.4) is 0 Å². The molecule has 0 bridgehead atoms. The molecule has 7 heteroatoms. The molecule has 1 fully saturated rings. The minimum Gasteiger partial charge on any atom is -0.462 e. The van der Waals surface area contributed by atoms with Gasteiger partial charge in [-0.1, -0.05) is 13.8 Å². The number of rotatable bonds is 5. The summed E-state index contributed by atoms with van der Waals surface area (Å²) in [4.78, 5) is 24.8. The molecule has 0 saturated carbocycles. The predicted molar refractivity (Wildman–Crippen MR) is 90.5 cm³/mol. The molecule has 7 nitrogen and oxygen atoms in total. The first-order valence-corrected chi connectivity index (χ1v) is 8.50. The summed E-state index contributed by atoms with van der Waals surface area (Å²) >= 11 is 0. The molecule has 1 saturated heterocycles. The van der Waals surface area contributed by atoms with Crippen molar-refractivity contribution in [2.24, 2.45) is 12.5 Å². The van der Waals surface area contributed by atoms with Crippen LogP contribution in [-0.4, -0.2) is 42.9 Å². The van der Waals surface area contributed by atoms with Gasteiger partial charge in [-0.3, -0.25) is 0 Å². The second-order valence-electron chi connectivity index (χ2n) is 6.85. The molecule has 1 aromatic heterocycles. The van der Waals surface area contributed by atoms with Gasteiger partial charge in [0, 0.05) is 12.5 Å². The van der Waals surface area contributed by atoms with Crippen LogP contribution in [0.4, 0.5) is 0 Å². The van der Waals surface area contributed by atoms with E-state index in [4.69, 9.17) is 18.9 Å². The Morgan fingerprint density at radius 1 is 1.12 bits per heavy atom. The maximum Gasteiger partial charge on any atom is 0.355 e. The van der Waals surface area contributed by atoms with Crippen LogP contribution in [0.15, 0.2) is 0 Å². The van der Waals surface area contributed by atoms with Gasteiger partial charge in [0.05, 0.1) is 37.7 Å². The lowest BCUT2D eigenvalue weighted by Crippen LogP contribution is -2.35. The summed E-state index contributed by atoms with van der Waals surface area (Å²) in [6.45, 7) is 10.7. The molecular formula is C18H27NO6. The fraction of sp³-hybridized carbons (Fsp3) is 0.667. The quantitative estimate of drug-likeness (QED) is 0.758. The zero-order valence-corrected chi connectivity index (χ0v) is 15.8. The molecule has 0 unspecified atom stereocenters. The van der Waals surface area contributed by atoms with Crippen molar-refractivity contribution in [2.45, 2.75) is 40.9 Å². The Kier molecular flexibility index (Phi) is 5.90. The number of aromatic nitrogens is 1. The van der Waals surface area contributed by atoms with Crippen molar-refractivity contribution in [1.29, 1.82) is 0 Å². The zero-order chi connectivity index (χ0) is 18.8. The molecule has 0 aromatic carbocycles. The van der Waals surface area contributed by atoms with Crippen LogP contribution in [-0.2, 0) is 26.0 Å². The third kappa shape index (κ3) is 3.88. The molecule has 0 amide bonds. The largest absolute Gasteiger partial charge is 0.462 e. The first-order valence-electron chi connectivity index (χ1n) is 8.50. The zero-order valence-electron chi connectivity index (χ0n) is 15.8. The smallest absolute Gasteiger partial charge is 0.355 e. The van der Waals surface area contributed by atoms with E-state index in [1.165, 1.54) is 0 Å². The monoisotopic (exact) mass is 353 g/mol. The Bertz CT molecular complexity index is 651. The number of esters is 2. The van der Waals surface area contributed by atoms with Crippen LogP contribution in [0, 0.1) is 12.3 Å². The highest BCUT2D eigenvalue weighted by molar-refractivity contribution is 5.99. The number of carbonyl (C=O) groups excluding carboxylic acids is 2. The van der Waals surface area contributed by atoms with Gasteiger partial charge in [0.1, 0.15) is 5.69 Å². The highest BCUT2D eigenvalue weighted by Gasteiger charge is 2.37. The minimum absolute atomic E-state index is 0.106. The van der Waals surface area contributed by atoms with E-state index >= 15 is 0 Å². The number of carbonyl (C=O) groups is 2. The maximum atomic E-state index is 12.5. The van der Waals surface area contributed by atoms with Crippen molar-refractivity contribution in [2.75, 3.05) is 26.4 Å². The van der Waals surface area contributed by atoms with Gasteiger partial charge in [-0.25, -0.2) is 9.59 Å². The van der Waals surface area contributed by atoms with Gasteiger partial charge < -0.3 is 23.5 Å². The van der Waals surface area contributed by atoms with Crippen LogP contribution >= 0.6 is 0 Å². The number of nitrogens with zero attached hydrogens (tertiary/aromatic N) is 1. The van der Waals surface area contributed by atoms with Gasteiger partial charge in [0.15, 0.2) is 6.29 Å². The molecule has 25 heavy (non-hydrogen) atoms. The fourth-order valence-electron chi connectivity index (χ4n) is 2.93. The third-order valence-corrected chi connectivity index (χ3v) is 4.11. The summed E-state index contributed by atoms with van der Waals surface area (Å²) in [5, 5.41) is 0. The molecule has 0 spiro atoms. The number of ether oxygens (including phenoxy) is 4. The summed E-state index contributed by atoms with van der Waals surface area (Å²) in [6.07, 6.45) is -0.737. The number of hydrogen-bond acceptors (Lipinski definition) is 6. The first-order chi connectivity index (χ1) is 11.7. The molecule has 1 aliphatic heterocycles. The SMILES string of the molecule is CCOC(=O)c1c(C)c(C(=O)OCC)n(C)c1C1OCC(C)(C)CO1. The van der Waals surface area contributed by atoms with Gasteiger partial charge in [-0.2, -0.15) is 0 Å². The average molecular weight is 353 g/mol. The minimum atomic E-state index is -0.737. The topological polar surface area (TPSA) is 76.0 Å². The molecule has 2 heterocycles. The predicted octanol–water partition coefficient (Wildman–Crippen LogP) is 2.76. The second-order valence-corrected chi connectivity index (χ2v) is 6.85. The summed E-state index contributed by atoms with van der Waals surface area (Å²) in [5.41, 5.74) is 1.49. The van der Waals surface area contributed by atoms with Crippen LogP contribution in [0.25, 0.3) is 0 Å². The molecule has 0 radical (unpaired) electrons. The van der Waals surface area contributed by atoms with Crippen molar-refractivity contribution < 1.29 is 28.5 Å². The summed E-state index contributed by atoms with van der Waals surface area (Å²) in [6, 6.07) is 0. The normalized spacial score (nSPS) is 17.4. The Labute approximate surface area is 148 Å².